The molecule has 1 heterocycles. The fourth-order valence-corrected chi connectivity index (χ4v) is 3.65. The topological polar surface area (TPSA) is 42.0 Å². The minimum atomic E-state index is -0.154. The first-order valence-corrected chi connectivity index (χ1v) is 9.43. The van der Waals surface area contributed by atoms with E-state index in [0.717, 1.165) is 27.1 Å². The molecular formula is C19H16Cl2N2OS. The summed E-state index contributed by atoms with van der Waals surface area (Å²) in [5.74, 6) is 0.0886. The van der Waals surface area contributed by atoms with Gasteiger partial charge in [0.2, 0.25) is 5.91 Å². The number of amides is 1. The normalized spacial score (nSPS) is 10.9. The number of fused-ring (bicyclic) bond motifs is 1. The maximum atomic E-state index is 12.2. The monoisotopic (exact) mass is 390 g/mol. The number of aryl methyl sites for hydroxylation is 2. The van der Waals surface area contributed by atoms with Crippen LogP contribution in [-0.4, -0.2) is 16.6 Å². The van der Waals surface area contributed by atoms with E-state index in [1.165, 1.54) is 11.8 Å². The number of aromatic nitrogens is 1. The second-order valence-corrected chi connectivity index (χ2v) is 7.47. The van der Waals surface area contributed by atoms with Gasteiger partial charge in [-0.25, -0.2) is 4.98 Å². The van der Waals surface area contributed by atoms with E-state index in [1.54, 1.807) is 18.2 Å². The predicted molar refractivity (Wildman–Crippen MR) is 107 cm³/mol. The molecule has 0 spiro atoms. The molecule has 0 aliphatic carbocycles. The summed E-state index contributed by atoms with van der Waals surface area (Å²) in [5, 5.41) is 5.50. The fourth-order valence-electron chi connectivity index (χ4n) is 2.53. The Morgan fingerprint density at radius 3 is 2.68 bits per heavy atom. The molecule has 6 heteroatoms. The van der Waals surface area contributed by atoms with Crippen LogP contribution >= 0.6 is 35.0 Å². The average molecular weight is 391 g/mol. The second kappa shape index (κ2) is 7.65. The summed E-state index contributed by atoms with van der Waals surface area (Å²) >= 11 is 13.4. The third kappa shape index (κ3) is 4.09. The average Bonchev–Trinajstić information content (AvgIpc) is 2.58. The quantitative estimate of drug-likeness (QED) is 0.564. The van der Waals surface area contributed by atoms with Gasteiger partial charge >= 0.3 is 0 Å². The van der Waals surface area contributed by atoms with Gasteiger partial charge in [0.25, 0.3) is 0 Å². The Balaban J connectivity index is 1.73. The van der Waals surface area contributed by atoms with Crippen LogP contribution in [-0.2, 0) is 4.79 Å². The molecule has 0 aliphatic rings. The van der Waals surface area contributed by atoms with E-state index in [1.807, 2.05) is 25.1 Å². The van der Waals surface area contributed by atoms with E-state index in [2.05, 4.69) is 23.3 Å². The van der Waals surface area contributed by atoms with Crippen LogP contribution in [0.4, 0.5) is 5.69 Å². The minimum Gasteiger partial charge on any atom is -0.324 e. The molecule has 3 aromatic rings. The zero-order valence-electron chi connectivity index (χ0n) is 13.8. The number of carbonyl (C=O) groups excluding carboxylic acids is 1. The highest BCUT2D eigenvalue weighted by Crippen LogP contribution is 2.30. The van der Waals surface area contributed by atoms with Crippen LogP contribution in [0.5, 0.6) is 0 Å². The lowest BCUT2D eigenvalue weighted by molar-refractivity contribution is -0.113. The molecule has 0 bridgehead atoms. The number of rotatable bonds is 4. The highest BCUT2D eigenvalue weighted by atomic mass is 35.5. The summed E-state index contributed by atoms with van der Waals surface area (Å²) in [6.45, 7) is 4.09. The lowest BCUT2D eigenvalue weighted by Crippen LogP contribution is -2.14. The van der Waals surface area contributed by atoms with Crippen LogP contribution in [0.2, 0.25) is 10.0 Å². The Bertz CT molecular complexity index is 960. The lowest BCUT2D eigenvalue weighted by Gasteiger charge is -2.09. The molecule has 3 nitrogen and oxygen atoms in total. The molecule has 0 fully saturated rings. The van der Waals surface area contributed by atoms with Crippen molar-refractivity contribution in [1.82, 2.24) is 4.98 Å². The molecule has 128 valence electrons. The standard InChI is InChI=1S/C19H16Cl2N2OS/c1-11-5-3-6-13-12(2)9-17(23-19(11)13)25-10-16(24)22-15-8-4-7-14(20)18(15)21/h3-9H,10H2,1-2H3,(H,22,24). The number of pyridine rings is 1. The third-order valence-electron chi connectivity index (χ3n) is 3.80. The van der Waals surface area contributed by atoms with Crippen LogP contribution < -0.4 is 5.32 Å². The number of thioether (sulfide) groups is 1. The van der Waals surface area contributed by atoms with E-state index < -0.39 is 0 Å². The highest BCUT2D eigenvalue weighted by Gasteiger charge is 2.11. The third-order valence-corrected chi connectivity index (χ3v) is 5.53. The number of halogens is 2. The molecule has 0 saturated heterocycles. The second-order valence-electron chi connectivity index (χ2n) is 5.69. The van der Waals surface area contributed by atoms with Gasteiger partial charge in [0.1, 0.15) is 0 Å². The molecule has 25 heavy (non-hydrogen) atoms. The van der Waals surface area contributed by atoms with Gasteiger partial charge in [-0.1, -0.05) is 59.2 Å². The Morgan fingerprint density at radius 2 is 1.88 bits per heavy atom. The van der Waals surface area contributed by atoms with Crippen molar-refractivity contribution in [3.8, 4) is 0 Å². The summed E-state index contributed by atoms with van der Waals surface area (Å²) < 4.78 is 0. The fraction of sp³-hybridized carbons (Fsp3) is 0.158. The maximum absolute atomic E-state index is 12.2. The van der Waals surface area contributed by atoms with Crippen molar-refractivity contribution in [2.24, 2.45) is 0 Å². The Morgan fingerprint density at radius 1 is 1.12 bits per heavy atom. The highest BCUT2D eigenvalue weighted by molar-refractivity contribution is 7.99. The van der Waals surface area contributed by atoms with Gasteiger partial charge in [0.15, 0.2) is 0 Å². The van der Waals surface area contributed by atoms with Gasteiger partial charge in [0.05, 0.1) is 32.0 Å². The van der Waals surface area contributed by atoms with Crippen LogP contribution in [0.3, 0.4) is 0 Å². The zero-order valence-corrected chi connectivity index (χ0v) is 16.1. The molecule has 1 amide bonds. The molecular weight excluding hydrogens is 375 g/mol. The van der Waals surface area contributed by atoms with Gasteiger partial charge in [-0.3, -0.25) is 4.79 Å². The summed E-state index contributed by atoms with van der Waals surface area (Å²) in [6, 6.07) is 13.3. The van der Waals surface area contributed by atoms with Crippen molar-refractivity contribution in [3.63, 3.8) is 0 Å². The Kier molecular flexibility index (Phi) is 5.52. The number of hydrogen-bond donors (Lipinski definition) is 1. The first-order chi connectivity index (χ1) is 12.0. The number of nitrogens with one attached hydrogen (secondary N) is 1. The van der Waals surface area contributed by atoms with Crippen LogP contribution in [0, 0.1) is 13.8 Å². The smallest absolute Gasteiger partial charge is 0.234 e. The van der Waals surface area contributed by atoms with Crippen molar-refractivity contribution in [2.45, 2.75) is 18.9 Å². The molecule has 2 aromatic carbocycles. The maximum Gasteiger partial charge on any atom is 0.234 e. The van der Waals surface area contributed by atoms with Gasteiger partial charge < -0.3 is 5.32 Å². The summed E-state index contributed by atoms with van der Waals surface area (Å²) in [6.07, 6.45) is 0. The first kappa shape index (κ1) is 18.1. The largest absolute Gasteiger partial charge is 0.324 e. The van der Waals surface area contributed by atoms with Crippen molar-refractivity contribution in [1.29, 1.82) is 0 Å². The summed E-state index contributed by atoms with van der Waals surface area (Å²) in [7, 11) is 0. The SMILES string of the molecule is Cc1cc(SCC(=O)Nc2cccc(Cl)c2Cl)nc2c(C)cccc12. The van der Waals surface area contributed by atoms with Crippen molar-refractivity contribution in [3.05, 3.63) is 63.6 Å². The van der Waals surface area contributed by atoms with Crippen molar-refractivity contribution < 1.29 is 4.79 Å². The van der Waals surface area contributed by atoms with Crippen LogP contribution in [0.1, 0.15) is 11.1 Å². The molecule has 0 aliphatic heterocycles. The molecule has 3 rings (SSSR count). The van der Waals surface area contributed by atoms with Gasteiger partial charge in [-0.15, -0.1) is 0 Å². The van der Waals surface area contributed by atoms with E-state index in [-0.39, 0.29) is 11.7 Å². The van der Waals surface area contributed by atoms with Crippen molar-refractivity contribution >= 4 is 57.5 Å². The summed E-state index contributed by atoms with van der Waals surface area (Å²) in [5.41, 5.74) is 3.76. The zero-order chi connectivity index (χ0) is 18.0. The summed E-state index contributed by atoms with van der Waals surface area (Å²) in [4.78, 5) is 16.9. The molecule has 0 saturated carbocycles. The number of para-hydroxylation sites is 1. The minimum absolute atomic E-state index is 0.154. The van der Waals surface area contributed by atoms with E-state index in [0.29, 0.717) is 15.7 Å². The first-order valence-electron chi connectivity index (χ1n) is 7.69. The van der Waals surface area contributed by atoms with Gasteiger partial charge in [-0.05, 0) is 43.2 Å². The molecule has 1 aromatic heterocycles. The molecule has 1 N–H and O–H groups in total. The Hall–Kier alpha value is -1.75. The van der Waals surface area contributed by atoms with Gasteiger partial charge in [-0.2, -0.15) is 0 Å². The molecule has 0 atom stereocenters. The molecule has 0 unspecified atom stereocenters. The number of nitrogens with zero attached hydrogens (tertiary/aromatic N) is 1. The van der Waals surface area contributed by atoms with Crippen molar-refractivity contribution in [2.75, 3.05) is 11.1 Å². The number of carbonyl (C=O) groups is 1. The Labute approximate surface area is 160 Å². The molecule has 0 radical (unpaired) electrons. The van der Waals surface area contributed by atoms with Crippen LogP contribution in [0.15, 0.2) is 47.5 Å². The van der Waals surface area contributed by atoms with E-state index in [4.69, 9.17) is 23.2 Å². The lowest BCUT2D eigenvalue weighted by atomic mass is 10.1. The van der Waals surface area contributed by atoms with Gasteiger partial charge in [0, 0.05) is 5.39 Å². The van der Waals surface area contributed by atoms with Crippen LogP contribution in [0.25, 0.3) is 10.9 Å². The van der Waals surface area contributed by atoms with E-state index in [9.17, 15) is 4.79 Å². The number of anilines is 1. The van der Waals surface area contributed by atoms with E-state index >= 15 is 0 Å². The predicted octanol–water partition coefficient (Wildman–Crippen LogP) is 5.89. The number of hydrogen-bond acceptors (Lipinski definition) is 3. The number of benzene rings is 2.